The molecule has 3 rings (SSSR count). The lowest BCUT2D eigenvalue weighted by molar-refractivity contribution is -0.126. The molecule has 4 N–H and O–H groups in total. The van der Waals surface area contributed by atoms with Gasteiger partial charge in [-0.1, -0.05) is 26.0 Å². The fourth-order valence-corrected chi connectivity index (χ4v) is 3.53. The van der Waals surface area contributed by atoms with Crippen LogP contribution in [0.3, 0.4) is 0 Å². The molecule has 8 nitrogen and oxygen atoms in total. The molecule has 1 saturated heterocycles. The molecule has 1 atom stereocenters. The minimum absolute atomic E-state index is 0. The number of carbonyl (C=O) groups is 2. The highest BCUT2D eigenvalue weighted by molar-refractivity contribution is 5.95. The van der Waals surface area contributed by atoms with Crippen molar-refractivity contribution in [3.05, 3.63) is 41.7 Å². The van der Waals surface area contributed by atoms with Crippen LogP contribution in [0.2, 0.25) is 0 Å². The van der Waals surface area contributed by atoms with Crippen molar-refractivity contribution >= 4 is 24.2 Å². The van der Waals surface area contributed by atoms with Crippen LogP contribution in [0.25, 0.3) is 5.69 Å². The normalized spacial score (nSPS) is 16.3. The van der Waals surface area contributed by atoms with Gasteiger partial charge >= 0.3 is 0 Å². The molecule has 2 heterocycles. The number of hydrogen-bond acceptors (Lipinski definition) is 5. The lowest BCUT2D eigenvalue weighted by Crippen LogP contribution is -2.46. The van der Waals surface area contributed by atoms with E-state index in [0.29, 0.717) is 32.1 Å². The minimum Gasteiger partial charge on any atom is -0.504 e. The van der Waals surface area contributed by atoms with E-state index in [4.69, 9.17) is 5.73 Å². The first-order valence-electron chi connectivity index (χ1n) is 10.1. The van der Waals surface area contributed by atoms with Crippen LogP contribution in [0.15, 0.2) is 30.5 Å². The van der Waals surface area contributed by atoms with Crippen LogP contribution in [0.1, 0.15) is 48.7 Å². The zero-order chi connectivity index (χ0) is 21.0. The minimum atomic E-state index is -0.364. The van der Waals surface area contributed by atoms with E-state index in [1.807, 2.05) is 24.3 Å². The number of amides is 2. The molecular weight excluding hydrogens is 406 g/mol. The summed E-state index contributed by atoms with van der Waals surface area (Å²) in [7, 11) is 0. The van der Waals surface area contributed by atoms with E-state index in [0.717, 1.165) is 18.5 Å². The van der Waals surface area contributed by atoms with Gasteiger partial charge in [0.05, 0.1) is 17.8 Å². The molecule has 2 aromatic rings. The molecule has 0 aliphatic carbocycles. The van der Waals surface area contributed by atoms with Crippen LogP contribution in [0.5, 0.6) is 5.75 Å². The van der Waals surface area contributed by atoms with Crippen molar-refractivity contribution in [2.45, 2.75) is 32.6 Å². The van der Waals surface area contributed by atoms with Gasteiger partial charge in [0.15, 0.2) is 11.4 Å². The third kappa shape index (κ3) is 5.31. The Morgan fingerprint density at radius 3 is 2.63 bits per heavy atom. The van der Waals surface area contributed by atoms with Gasteiger partial charge in [0, 0.05) is 26.2 Å². The number of halogens is 1. The molecule has 1 aliphatic rings. The average molecular weight is 436 g/mol. The second kappa shape index (κ2) is 10.4. The molecule has 0 bridgehead atoms. The molecule has 30 heavy (non-hydrogen) atoms. The van der Waals surface area contributed by atoms with Gasteiger partial charge in [-0.25, -0.2) is 4.68 Å². The zero-order valence-corrected chi connectivity index (χ0v) is 18.2. The fourth-order valence-electron chi connectivity index (χ4n) is 3.53. The first-order chi connectivity index (χ1) is 13.9. The summed E-state index contributed by atoms with van der Waals surface area (Å²) in [5, 5.41) is 17.4. The first-order valence-corrected chi connectivity index (χ1v) is 10.1. The molecule has 1 aliphatic heterocycles. The number of nitrogens with one attached hydrogen (secondary N) is 1. The number of likely N-dealkylation sites (tertiary alicyclic amines) is 1. The van der Waals surface area contributed by atoms with Crippen molar-refractivity contribution in [2.75, 3.05) is 26.2 Å². The molecule has 0 saturated carbocycles. The van der Waals surface area contributed by atoms with E-state index in [1.54, 1.807) is 4.90 Å². The van der Waals surface area contributed by atoms with Crippen LogP contribution >= 0.6 is 12.4 Å². The predicted molar refractivity (Wildman–Crippen MR) is 117 cm³/mol. The Labute approximate surface area is 182 Å². The van der Waals surface area contributed by atoms with Gasteiger partial charge in [-0.2, -0.15) is 5.10 Å². The standard InChI is InChI=1S/C21H29N5O3.ClH/c1-14(2)15-5-7-17(8-6-15)26-13-18(27)19(24-26)21(29)25-11-3-4-16(12-25)20(28)23-10-9-22;/h5-8,13-14,16,27H,3-4,9-12,22H2,1-2H3,(H,23,28);1H. The number of nitrogens with two attached hydrogens (primary N) is 1. The van der Waals surface area contributed by atoms with E-state index in [-0.39, 0.29) is 41.6 Å². The third-order valence-electron chi connectivity index (χ3n) is 5.24. The summed E-state index contributed by atoms with van der Waals surface area (Å²) in [5.74, 6) is -0.477. The lowest BCUT2D eigenvalue weighted by Gasteiger charge is -2.31. The van der Waals surface area contributed by atoms with Gasteiger partial charge in [-0.15, -0.1) is 12.4 Å². The monoisotopic (exact) mass is 435 g/mol. The Kier molecular flexibility index (Phi) is 8.25. The number of aromatic nitrogens is 2. The van der Waals surface area contributed by atoms with Crippen molar-refractivity contribution in [1.29, 1.82) is 0 Å². The molecule has 164 valence electrons. The van der Waals surface area contributed by atoms with Crippen LogP contribution in [-0.2, 0) is 4.79 Å². The number of benzene rings is 1. The Morgan fingerprint density at radius 1 is 1.30 bits per heavy atom. The summed E-state index contributed by atoms with van der Waals surface area (Å²) in [5.41, 5.74) is 7.40. The molecule has 1 unspecified atom stereocenters. The van der Waals surface area contributed by atoms with E-state index in [1.165, 1.54) is 16.4 Å². The second-order valence-electron chi connectivity index (χ2n) is 7.72. The summed E-state index contributed by atoms with van der Waals surface area (Å²) >= 11 is 0. The maximum absolute atomic E-state index is 12.9. The maximum atomic E-state index is 12.9. The SMILES string of the molecule is CC(C)c1ccc(-n2cc(O)c(C(=O)N3CCCC(C(=O)NCCN)C3)n2)cc1.Cl. The number of carbonyl (C=O) groups excluding carboxylic acids is 2. The number of piperidine rings is 1. The maximum Gasteiger partial charge on any atom is 0.278 e. The largest absolute Gasteiger partial charge is 0.504 e. The number of rotatable bonds is 6. The zero-order valence-electron chi connectivity index (χ0n) is 17.4. The molecule has 1 fully saturated rings. The Balaban J connectivity index is 0.00000320. The summed E-state index contributed by atoms with van der Waals surface area (Å²) in [6.07, 6.45) is 2.89. The van der Waals surface area contributed by atoms with Gasteiger partial charge in [0.1, 0.15) is 0 Å². The van der Waals surface area contributed by atoms with Crippen molar-refractivity contribution in [3.63, 3.8) is 0 Å². The average Bonchev–Trinajstić information content (AvgIpc) is 3.13. The van der Waals surface area contributed by atoms with Crippen molar-refractivity contribution < 1.29 is 14.7 Å². The van der Waals surface area contributed by atoms with Crippen molar-refractivity contribution in [2.24, 2.45) is 11.7 Å². The Hall–Kier alpha value is -2.58. The Bertz CT molecular complexity index is 866. The summed E-state index contributed by atoms with van der Waals surface area (Å²) in [6, 6.07) is 7.84. The number of nitrogens with zero attached hydrogens (tertiary/aromatic N) is 3. The van der Waals surface area contributed by atoms with Gasteiger partial charge in [-0.3, -0.25) is 9.59 Å². The van der Waals surface area contributed by atoms with Crippen LogP contribution < -0.4 is 11.1 Å². The molecular formula is C21H30ClN5O3. The highest BCUT2D eigenvalue weighted by Gasteiger charge is 2.31. The predicted octanol–water partition coefficient (Wildman–Crippen LogP) is 2.05. The highest BCUT2D eigenvalue weighted by Crippen LogP contribution is 2.24. The summed E-state index contributed by atoms with van der Waals surface area (Å²) in [4.78, 5) is 26.7. The molecule has 9 heteroatoms. The third-order valence-corrected chi connectivity index (χ3v) is 5.24. The van der Waals surface area contributed by atoms with Crippen molar-refractivity contribution in [1.82, 2.24) is 20.0 Å². The van der Waals surface area contributed by atoms with E-state index in [2.05, 4.69) is 24.3 Å². The van der Waals surface area contributed by atoms with Crippen LogP contribution in [-0.4, -0.2) is 57.8 Å². The van der Waals surface area contributed by atoms with Crippen molar-refractivity contribution in [3.8, 4) is 11.4 Å². The van der Waals surface area contributed by atoms with Gasteiger partial charge in [0.2, 0.25) is 5.91 Å². The summed E-state index contributed by atoms with van der Waals surface area (Å²) < 4.78 is 1.50. The van der Waals surface area contributed by atoms with Crippen LogP contribution in [0.4, 0.5) is 0 Å². The second-order valence-corrected chi connectivity index (χ2v) is 7.72. The molecule has 2 amide bonds. The molecule has 1 aromatic carbocycles. The Morgan fingerprint density at radius 2 is 2.00 bits per heavy atom. The van der Waals surface area contributed by atoms with Gasteiger partial charge in [-0.05, 0) is 36.5 Å². The molecule has 0 radical (unpaired) electrons. The van der Waals surface area contributed by atoms with Crippen LogP contribution in [0, 0.1) is 5.92 Å². The smallest absolute Gasteiger partial charge is 0.278 e. The van der Waals surface area contributed by atoms with Gasteiger partial charge in [0.25, 0.3) is 5.91 Å². The topological polar surface area (TPSA) is 113 Å². The van der Waals surface area contributed by atoms with E-state index >= 15 is 0 Å². The molecule has 1 aromatic heterocycles. The first kappa shape index (κ1) is 23.7. The van der Waals surface area contributed by atoms with E-state index < -0.39 is 0 Å². The fraction of sp³-hybridized carbons (Fsp3) is 0.476. The quantitative estimate of drug-likeness (QED) is 0.642. The number of hydrogen-bond donors (Lipinski definition) is 3. The summed E-state index contributed by atoms with van der Waals surface area (Å²) in [6.45, 7) is 5.88. The lowest BCUT2D eigenvalue weighted by atomic mass is 9.97. The highest BCUT2D eigenvalue weighted by atomic mass is 35.5. The van der Waals surface area contributed by atoms with Gasteiger partial charge < -0.3 is 21.1 Å². The van der Waals surface area contributed by atoms with E-state index in [9.17, 15) is 14.7 Å². The molecule has 0 spiro atoms. The number of aromatic hydroxyl groups is 1.